The Balaban J connectivity index is 2.12. The molecule has 0 unspecified atom stereocenters. The molecule has 0 saturated carbocycles. The van der Waals surface area contributed by atoms with Crippen LogP contribution >= 0.6 is 0 Å². The van der Waals surface area contributed by atoms with Crippen molar-refractivity contribution in [2.75, 3.05) is 7.11 Å². The topological polar surface area (TPSA) is 96.2 Å². The quantitative estimate of drug-likeness (QED) is 0.486. The maximum atomic E-state index is 13.0. The molecular weight excluding hydrogens is 408 g/mol. The minimum Gasteiger partial charge on any atom is -0.507 e. The van der Waals surface area contributed by atoms with Gasteiger partial charge in [-0.15, -0.1) is 0 Å². The summed E-state index contributed by atoms with van der Waals surface area (Å²) in [6, 6.07) is 5.80. The van der Waals surface area contributed by atoms with E-state index in [0.717, 1.165) is 12.0 Å². The summed E-state index contributed by atoms with van der Waals surface area (Å²) in [5, 5.41) is 31.1. The van der Waals surface area contributed by atoms with Crippen molar-refractivity contribution in [3.05, 3.63) is 64.8 Å². The number of phenolic OH excluding ortho intramolecular Hbond substituents is 3. The molecule has 6 heteroatoms. The molecular formula is C26H30O6. The van der Waals surface area contributed by atoms with Crippen LogP contribution < -0.4 is 9.47 Å². The molecule has 0 saturated heterocycles. The van der Waals surface area contributed by atoms with E-state index in [1.54, 1.807) is 0 Å². The lowest BCUT2D eigenvalue weighted by Gasteiger charge is -2.30. The third kappa shape index (κ3) is 4.59. The first-order valence-electron chi connectivity index (χ1n) is 10.6. The molecule has 0 aliphatic carbocycles. The van der Waals surface area contributed by atoms with Crippen molar-refractivity contribution in [3.63, 3.8) is 0 Å². The predicted molar refractivity (Wildman–Crippen MR) is 123 cm³/mol. The van der Waals surface area contributed by atoms with Crippen LogP contribution in [0.1, 0.15) is 61.2 Å². The van der Waals surface area contributed by atoms with Crippen LogP contribution in [0.15, 0.2) is 48.1 Å². The number of ether oxygens (including phenoxy) is 2. The number of allylic oxidation sites excluding steroid dienone is 3. The van der Waals surface area contributed by atoms with Crippen LogP contribution in [0.3, 0.4) is 0 Å². The van der Waals surface area contributed by atoms with Crippen LogP contribution in [0.2, 0.25) is 0 Å². The molecule has 3 rings (SSSR count). The van der Waals surface area contributed by atoms with E-state index >= 15 is 0 Å². The van der Waals surface area contributed by atoms with Gasteiger partial charge in [-0.05, 0) is 51.7 Å². The van der Waals surface area contributed by atoms with E-state index in [-0.39, 0.29) is 52.2 Å². The largest absolute Gasteiger partial charge is 0.507 e. The number of ketones is 1. The van der Waals surface area contributed by atoms with Gasteiger partial charge in [-0.2, -0.15) is 0 Å². The zero-order chi connectivity index (χ0) is 23.6. The SMILES string of the molecule is C=C(C)[C@H](CC=C(C)C)Cc1c(OC)cc(O)c2c1O[C@@H](c1c(O)cccc1O)CC2=O. The molecule has 3 N–H and O–H groups in total. The monoisotopic (exact) mass is 438 g/mol. The summed E-state index contributed by atoms with van der Waals surface area (Å²) in [4.78, 5) is 13.0. The second-order valence-electron chi connectivity index (χ2n) is 8.49. The zero-order valence-corrected chi connectivity index (χ0v) is 18.9. The first-order valence-corrected chi connectivity index (χ1v) is 10.6. The van der Waals surface area contributed by atoms with Gasteiger partial charge in [-0.1, -0.05) is 29.9 Å². The fraction of sp³-hybridized carbons (Fsp3) is 0.346. The van der Waals surface area contributed by atoms with Gasteiger partial charge in [0, 0.05) is 11.6 Å². The van der Waals surface area contributed by atoms with Crippen LogP contribution in [0.25, 0.3) is 0 Å². The summed E-state index contributed by atoms with van der Waals surface area (Å²) in [5.41, 5.74) is 3.04. The summed E-state index contributed by atoms with van der Waals surface area (Å²) in [5.74, 6) is -0.205. The first kappa shape index (κ1) is 23.3. The Morgan fingerprint density at radius 2 is 1.88 bits per heavy atom. The second kappa shape index (κ2) is 9.39. The number of fused-ring (bicyclic) bond motifs is 1. The lowest BCUT2D eigenvalue weighted by molar-refractivity contribution is 0.0835. The zero-order valence-electron chi connectivity index (χ0n) is 18.9. The number of Topliss-reactive ketones (excluding diaryl/α,β-unsaturated/α-hetero) is 1. The number of hydrogen-bond acceptors (Lipinski definition) is 6. The van der Waals surface area contributed by atoms with Gasteiger partial charge in [0.05, 0.1) is 19.1 Å². The van der Waals surface area contributed by atoms with Gasteiger partial charge in [0.25, 0.3) is 0 Å². The number of carbonyl (C=O) groups excluding carboxylic acids is 1. The lowest BCUT2D eigenvalue weighted by atomic mass is 9.86. The van der Waals surface area contributed by atoms with Gasteiger partial charge in [0.15, 0.2) is 5.78 Å². The third-order valence-corrected chi connectivity index (χ3v) is 5.79. The Morgan fingerprint density at radius 3 is 2.44 bits per heavy atom. The lowest BCUT2D eigenvalue weighted by Crippen LogP contribution is -2.23. The van der Waals surface area contributed by atoms with Gasteiger partial charge in [-0.25, -0.2) is 0 Å². The molecule has 1 aliphatic rings. The van der Waals surface area contributed by atoms with Crippen molar-refractivity contribution < 1.29 is 29.6 Å². The molecule has 0 aromatic heterocycles. The maximum absolute atomic E-state index is 13.0. The molecule has 1 aliphatic heterocycles. The maximum Gasteiger partial charge on any atom is 0.174 e. The van der Waals surface area contributed by atoms with E-state index in [0.29, 0.717) is 17.7 Å². The Morgan fingerprint density at radius 1 is 1.22 bits per heavy atom. The highest BCUT2D eigenvalue weighted by Crippen LogP contribution is 2.49. The molecule has 32 heavy (non-hydrogen) atoms. The minimum absolute atomic E-state index is 0.0602. The van der Waals surface area contributed by atoms with Crippen LogP contribution in [-0.4, -0.2) is 28.2 Å². The van der Waals surface area contributed by atoms with E-state index in [1.165, 1.54) is 36.9 Å². The molecule has 170 valence electrons. The average molecular weight is 439 g/mol. The highest BCUT2D eigenvalue weighted by Gasteiger charge is 2.36. The Labute approximate surface area is 188 Å². The molecule has 0 fully saturated rings. The smallest absolute Gasteiger partial charge is 0.174 e. The Kier molecular flexibility index (Phi) is 6.82. The van der Waals surface area contributed by atoms with Crippen molar-refractivity contribution in [1.82, 2.24) is 0 Å². The fourth-order valence-electron chi connectivity index (χ4n) is 4.01. The molecule has 2 atom stereocenters. The molecule has 6 nitrogen and oxygen atoms in total. The van der Waals surface area contributed by atoms with Gasteiger partial charge >= 0.3 is 0 Å². The molecule has 0 bridgehead atoms. The number of rotatable bonds is 7. The number of methoxy groups -OCH3 is 1. The molecule has 1 heterocycles. The fourth-order valence-corrected chi connectivity index (χ4v) is 4.01. The van der Waals surface area contributed by atoms with Gasteiger partial charge in [0.1, 0.15) is 40.4 Å². The summed E-state index contributed by atoms with van der Waals surface area (Å²) in [6.07, 6.45) is 2.35. The van der Waals surface area contributed by atoms with Crippen molar-refractivity contribution >= 4 is 5.78 Å². The van der Waals surface area contributed by atoms with Crippen molar-refractivity contribution in [2.45, 2.75) is 46.1 Å². The van der Waals surface area contributed by atoms with E-state index in [2.05, 4.69) is 12.7 Å². The number of carbonyl (C=O) groups is 1. The van der Waals surface area contributed by atoms with E-state index in [4.69, 9.17) is 9.47 Å². The summed E-state index contributed by atoms with van der Waals surface area (Å²) >= 11 is 0. The Bertz CT molecular complexity index is 1060. The highest BCUT2D eigenvalue weighted by atomic mass is 16.5. The van der Waals surface area contributed by atoms with E-state index in [9.17, 15) is 20.1 Å². The van der Waals surface area contributed by atoms with Crippen LogP contribution in [0, 0.1) is 5.92 Å². The molecule has 0 spiro atoms. The van der Waals surface area contributed by atoms with Crippen LogP contribution in [0.4, 0.5) is 0 Å². The molecule has 2 aromatic rings. The van der Waals surface area contributed by atoms with E-state index < -0.39 is 6.10 Å². The molecule has 2 aromatic carbocycles. The normalized spacial score (nSPS) is 16.0. The first-order chi connectivity index (χ1) is 15.1. The van der Waals surface area contributed by atoms with Crippen molar-refractivity contribution in [2.24, 2.45) is 5.92 Å². The van der Waals surface area contributed by atoms with Gasteiger partial charge < -0.3 is 24.8 Å². The van der Waals surface area contributed by atoms with Crippen molar-refractivity contribution in [3.8, 4) is 28.7 Å². The predicted octanol–water partition coefficient (Wildman–Crippen LogP) is 5.61. The number of hydrogen-bond donors (Lipinski definition) is 3. The van der Waals surface area contributed by atoms with Crippen molar-refractivity contribution in [1.29, 1.82) is 0 Å². The van der Waals surface area contributed by atoms with Gasteiger partial charge in [0.2, 0.25) is 0 Å². The number of phenols is 3. The standard InChI is InChI=1S/C26H30O6/c1-14(2)9-10-16(15(3)4)11-17-22(31-5)12-20(29)25-21(30)13-23(32-26(17)25)24-18(27)7-6-8-19(24)28/h6-9,12,16,23,27-29H,3,10-11,13H2,1-2,4-5H3/t16-,23-/m1/s1. The Hall–Kier alpha value is -3.41. The minimum atomic E-state index is -0.900. The molecule has 0 amide bonds. The second-order valence-corrected chi connectivity index (χ2v) is 8.49. The number of benzene rings is 2. The van der Waals surface area contributed by atoms with Gasteiger partial charge in [-0.3, -0.25) is 4.79 Å². The van der Waals surface area contributed by atoms with E-state index in [1.807, 2.05) is 20.8 Å². The third-order valence-electron chi connectivity index (χ3n) is 5.79. The summed E-state index contributed by atoms with van der Waals surface area (Å²) in [6.45, 7) is 10.1. The molecule has 0 radical (unpaired) electrons. The number of aromatic hydroxyl groups is 3. The van der Waals surface area contributed by atoms with Crippen LogP contribution in [-0.2, 0) is 6.42 Å². The van der Waals surface area contributed by atoms with Crippen LogP contribution in [0.5, 0.6) is 28.7 Å². The average Bonchev–Trinajstić information content (AvgIpc) is 2.71. The highest BCUT2D eigenvalue weighted by molar-refractivity contribution is 6.03. The summed E-state index contributed by atoms with van der Waals surface area (Å²) < 4.78 is 11.7. The summed E-state index contributed by atoms with van der Waals surface area (Å²) in [7, 11) is 1.49.